The molecule has 0 aromatic heterocycles. The van der Waals surface area contributed by atoms with Crippen LogP contribution in [0.5, 0.6) is 0 Å². The summed E-state index contributed by atoms with van der Waals surface area (Å²) >= 11 is 0. The van der Waals surface area contributed by atoms with E-state index in [1.54, 1.807) is 0 Å². The maximum absolute atomic E-state index is 11.9. The second-order valence-electron chi connectivity index (χ2n) is 6.43. The van der Waals surface area contributed by atoms with E-state index in [1.165, 1.54) is 0 Å². The fraction of sp³-hybridized carbons (Fsp3) is 0.867. The number of nitrogens with zero attached hydrogens (tertiary/aromatic N) is 1. The molecule has 1 aliphatic rings. The third-order valence-corrected chi connectivity index (χ3v) is 3.94. The molecule has 1 heterocycles. The lowest BCUT2D eigenvalue weighted by atomic mass is 10.00. The number of amides is 2. The highest BCUT2D eigenvalue weighted by Crippen LogP contribution is 2.13. The van der Waals surface area contributed by atoms with E-state index in [0.717, 1.165) is 25.9 Å². The van der Waals surface area contributed by atoms with Crippen LogP contribution in [-0.2, 0) is 9.59 Å². The van der Waals surface area contributed by atoms with Gasteiger partial charge >= 0.3 is 0 Å². The van der Waals surface area contributed by atoms with Gasteiger partial charge in [0.25, 0.3) is 0 Å². The molecule has 0 spiro atoms. The Bertz CT molecular complexity index is 334. The van der Waals surface area contributed by atoms with Gasteiger partial charge in [-0.3, -0.25) is 9.59 Å². The number of nitrogens with two attached hydrogens (primary N) is 1. The van der Waals surface area contributed by atoms with E-state index in [0.29, 0.717) is 12.3 Å². The van der Waals surface area contributed by atoms with Gasteiger partial charge in [0.1, 0.15) is 0 Å². The second-order valence-corrected chi connectivity index (χ2v) is 6.43. The Hall–Kier alpha value is -1.10. The number of hydrogen-bond acceptors (Lipinski definition) is 3. The summed E-state index contributed by atoms with van der Waals surface area (Å²) in [5, 5.41) is 3.04. The summed E-state index contributed by atoms with van der Waals surface area (Å²) in [4.78, 5) is 25.6. The van der Waals surface area contributed by atoms with Crippen LogP contribution in [0.15, 0.2) is 0 Å². The van der Waals surface area contributed by atoms with E-state index >= 15 is 0 Å². The molecule has 2 amide bonds. The molecular weight excluding hydrogens is 254 g/mol. The molecular formula is C15H29N3O2. The average molecular weight is 283 g/mol. The fourth-order valence-corrected chi connectivity index (χ4v) is 2.35. The van der Waals surface area contributed by atoms with Gasteiger partial charge in [0.2, 0.25) is 11.8 Å². The zero-order valence-corrected chi connectivity index (χ0v) is 13.2. The van der Waals surface area contributed by atoms with Crippen molar-refractivity contribution in [3.63, 3.8) is 0 Å². The Morgan fingerprint density at radius 1 is 1.20 bits per heavy atom. The van der Waals surface area contributed by atoms with Crippen molar-refractivity contribution < 1.29 is 9.59 Å². The third-order valence-electron chi connectivity index (χ3n) is 3.94. The SMILES string of the molecule is CC(C)C(=O)N1CCC(NC(=O)CC(N)C(C)C)CC1. The Labute approximate surface area is 122 Å². The van der Waals surface area contributed by atoms with Crippen molar-refractivity contribution >= 4 is 11.8 Å². The third kappa shape index (κ3) is 5.12. The Morgan fingerprint density at radius 3 is 2.20 bits per heavy atom. The summed E-state index contributed by atoms with van der Waals surface area (Å²) < 4.78 is 0. The van der Waals surface area contributed by atoms with Crippen molar-refractivity contribution in [1.29, 1.82) is 0 Å². The molecule has 1 unspecified atom stereocenters. The van der Waals surface area contributed by atoms with Crippen LogP contribution in [0.3, 0.4) is 0 Å². The first-order valence-electron chi connectivity index (χ1n) is 7.65. The minimum absolute atomic E-state index is 0.0276. The van der Waals surface area contributed by atoms with E-state index < -0.39 is 0 Å². The molecule has 0 aromatic rings. The quantitative estimate of drug-likeness (QED) is 0.794. The number of nitrogens with one attached hydrogen (secondary N) is 1. The van der Waals surface area contributed by atoms with E-state index in [9.17, 15) is 9.59 Å². The number of rotatable bonds is 5. The summed E-state index contributed by atoms with van der Waals surface area (Å²) in [5.74, 6) is 0.591. The van der Waals surface area contributed by atoms with E-state index in [1.807, 2.05) is 32.6 Å². The fourth-order valence-electron chi connectivity index (χ4n) is 2.35. The van der Waals surface area contributed by atoms with Gasteiger partial charge in [-0.05, 0) is 18.8 Å². The van der Waals surface area contributed by atoms with Gasteiger partial charge in [0.05, 0.1) is 0 Å². The predicted molar refractivity (Wildman–Crippen MR) is 80.0 cm³/mol. The van der Waals surface area contributed by atoms with Crippen molar-refractivity contribution in [2.24, 2.45) is 17.6 Å². The number of hydrogen-bond donors (Lipinski definition) is 2. The van der Waals surface area contributed by atoms with Crippen LogP contribution in [0.1, 0.15) is 47.0 Å². The standard InChI is InChI=1S/C15H29N3O2/c1-10(2)13(16)9-14(19)17-12-5-7-18(8-6-12)15(20)11(3)4/h10-13H,5-9,16H2,1-4H3,(H,17,19). The first kappa shape index (κ1) is 17.0. The van der Waals surface area contributed by atoms with E-state index in [2.05, 4.69) is 5.32 Å². The average Bonchev–Trinajstić information content (AvgIpc) is 2.38. The molecule has 0 saturated carbocycles. The lowest BCUT2D eigenvalue weighted by molar-refractivity contribution is -0.135. The Kier molecular flexibility index (Phi) is 6.46. The molecule has 5 nitrogen and oxygen atoms in total. The van der Waals surface area contributed by atoms with Crippen molar-refractivity contribution in [3.05, 3.63) is 0 Å². The van der Waals surface area contributed by atoms with Crippen molar-refractivity contribution in [1.82, 2.24) is 10.2 Å². The number of carbonyl (C=O) groups is 2. The lowest BCUT2D eigenvalue weighted by Gasteiger charge is -2.33. The van der Waals surface area contributed by atoms with E-state index in [4.69, 9.17) is 5.73 Å². The van der Waals surface area contributed by atoms with Crippen molar-refractivity contribution in [2.45, 2.75) is 59.0 Å². The van der Waals surface area contributed by atoms with Gasteiger partial charge in [-0.2, -0.15) is 0 Å². The van der Waals surface area contributed by atoms with Gasteiger partial charge in [0, 0.05) is 37.5 Å². The van der Waals surface area contributed by atoms with Crippen LogP contribution < -0.4 is 11.1 Å². The monoisotopic (exact) mass is 283 g/mol. The van der Waals surface area contributed by atoms with Gasteiger partial charge < -0.3 is 16.0 Å². The first-order valence-corrected chi connectivity index (χ1v) is 7.65. The molecule has 0 aromatic carbocycles. The maximum Gasteiger partial charge on any atom is 0.225 e. The molecule has 1 fully saturated rings. The summed E-state index contributed by atoms with van der Waals surface area (Å²) in [5.41, 5.74) is 5.90. The van der Waals surface area contributed by atoms with Crippen LogP contribution in [-0.4, -0.2) is 41.9 Å². The highest BCUT2D eigenvalue weighted by atomic mass is 16.2. The molecule has 1 aliphatic heterocycles. The molecule has 0 radical (unpaired) electrons. The maximum atomic E-state index is 11.9. The Morgan fingerprint density at radius 2 is 1.75 bits per heavy atom. The summed E-state index contributed by atoms with van der Waals surface area (Å²) in [6, 6.07) is 0.0932. The molecule has 1 rings (SSSR count). The van der Waals surface area contributed by atoms with Gasteiger partial charge in [-0.25, -0.2) is 0 Å². The topological polar surface area (TPSA) is 75.4 Å². The molecule has 0 bridgehead atoms. The molecule has 1 atom stereocenters. The molecule has 5 heteroatoms. The number of carbonyl (C=O) groups excluding carboxylic acids is 2. The van der Waals surface area contributed by atoms with Crippen LogP contribution in [0.4, 0.5) is 0 Å². The zero-order chi connectivity index (χ0) is 15.3. The Balaban J connectivity index is 2.32. The zero-order valence-electron chi connectivity index (χ0n) is 13.2. The van der Waals surface area contributed by atoms with Crippen molar-refractivity contribution in [3.8, 4) is 0 Å². The number of likely N-dealkylation sites (tertiary alicyclic amines) is 1. The molecule has 0 aliphatic carbocycles. The van der Waals surface area contributed by atoms with Crippen LogP contribution in [0, 0.1) is 11.8 Å². The number of piperidine rings is 1. The van der Waals surface area contributed by atoms with Gasteiger partial charge in [-0.1, -0.05) is 27.7 Å². The largest absolute Gasteiger partial charge is 0.353 e. The molecule has 116 valence electrons. The smallest absolute Gasteiger partial charge is 0.225 e. The van der Waals surface area contributed by atoms with Crippen LogP contribution in [0.25, 0.3) is 0 Å². The summed E-state index contributed by atoms with van der Waals surface area (Å²) in [7, 11) is 0. The normalized spacial score (nSPS) is 18.4. The minimum atomic E-state index is -0.0855. The summed E-state index contributed by atoms with van der Waals surface area (Å²) in [6.07, 6.45) is 2.05. The molecule has 3 N–H and O–H groups in total. The van der Waals surface area contributed by atoms with Gasteiger partial charge in [-0.15, -0.1) is 0 Å². The van der Waals surface area contributed by atoms with Gasteiger partial charge in [0.15, 0.2) is 0 Å². The second kappa shape index (κ2) is 7.62. The lowest BCUT2D eigenvalue weighted by Crippen LogP contribution is -2.48. The first-order chi connectivity index (χ1) is 9.31. The minimum Gasteiger partial charge on any atom is -0.353 e. The highest BCUT2D eigenvalue weighted by Gasteiger charge is 2.25. The van der Waals surface area contributed by atoms with Crippen LogP contribution >= 0.6 is 0 Å². The molecule has 20 heavy (non-hydrogen) atoms. The highest BCUT2D eigenvalue weighted by molar-refractivity contribution is 5.78. The summed E-state index contributed by atoms with van der Waals surface area (Å²) in [6.45, 7) is 9.35. The van der Waals surface area contributed by atoms with E-state index in [-0.39, 0.29) is 29.8 Å². The van der Waals surface area contributed by atoms with Crippen molar-refractivity contribution in [2.75, 3.05) is 13.1 Å². The van der Waals surface area contributed by atoms with Crippen LogP contribution in [0.2, 0.25) is 0 Å². The predicted octanol–water partition coefficient (Wildman–Crippen LogP) is 1.12. The molecule has 1 saturated heterocycles.